The third kappa shape index (κ3) is 54.8. The SMILES string of the molecule is CC/C=C\C/C=C\C/C=C\C/C=C\C/C=C\C/C=C\C/C=C\C/C=C\C/C=C\C/C=C\CCCCC(=O)OC(COC(=O)CCCCCCC/C=C\C/C=C\CCCCC)COC(OCC[N+](C)(C)C)C(=O)[O-]. The average molecular weight is 1010 g/mol. The zero-order chi connectivity index (χ0) is 53.4. The van der Waals surface area contributed by atoms with Gasteiger partial charge in [0.25, 0.3) is 0 Å². The van der Waals surface area contributed by atoms with Crippen molar-refractivity contribution in [3.63, 3.8) is 0 Å². The number of carboxylic acids is 1. The van der Waals surface area contributed by atoms with E-state index in [4.69, 9.17) is 18.9 Å². The van der Waals surface area contributed by atoms with Crippen LogP contribution in [0.1, 0.15) is 181 Å². The fourth-order valence-corrected chi connectivity index (χ4v) is 6.77. The fraction of sp³-hybridized carbons (Fsp3) is 0.578. The van der Waals surface area contributed by atoms with E-state index in [9.17, 15) is 19.5 Å². The van der Waals surface area contributed by atoms with Gasteiger partial charge in [-0.15, -0.1) is 0 Å². The number of aliphatic carboxylic acids is 1. The molecule has 0 heterocycles. The minimum absolute atomic E-state index is 0.128. The zero-order valence-electron chi connectivity index (χ0n) is 46.4. The molecule has 0 amide bonds. The second kappa shape index (κ2) is 53.5. The lowest BCUT2D eigenvalue weighted by molar-refractivity contribution is -0.870. The summed E-state index contributed by atoms with van der Waals surface area (Å²) in [6, 6.07) is 0. The van der Waals surface area contributed by atoms with Crippen LogP contribution in [0.3, 0.4) is 0 Å². The Bertz CT molecular complexity index is 1700. The first-order chi connectivity index (χ1) is 35.6. The van der Waals surface area contributed by atoms with Gasteiger partial charge in [-0.1, -0.05) is 192 Å². The maximum Gasteiger partial charge on any atom is 0.306 e. The largest absolute Gasteiger partial charge is 0.545 e. The summed E-state index contributed by atoms with van der Waals surface area (Å²) >= 11 is 0. The number of esters is 2. The van der Waals surface area contributed by atoms with Crippen LogP contribution in [0.25, 0.3) is 0 Å². The van der Waals surface area contributed by atoms with Crippen molar-refractivity contribution in [3.05, 3.63) is 146 Å². The van der Waals surface area contributed by atoms with Gasteiger partial charge in [0.05, 0.1) is 40.3 Å². The van der Waals surface area contributed by atoms with E-state index >= 15 is 0 Å². The van der Waals surface area contributed by atoms with Gasteiger partial charge < -0.3 is 33.3 Å². The summed E-state index contributed by atoms with van der Waals surface area (Å²) < 4.78 is 22.6. The fourth-order valence-electron chi connectivity index (χ4n) is 6.77. The van der Waals surface area contributed by atoms with Crippen LogP contribution in [-0.2, 0) is 33.3 Å². The summed E-state index contributed by atoms with van der Waals surface area (Å²) in [6.45, 7) is 4.50. The monoisotopic (exact) mass is 1010 g/mol. The van der Waals surface area contributed by atoms with Crippen LogP contribution in [0.15, 0.2) is 146 Å². The molecule has 0 aliphatic rings. The number of ether oxygens (including phenoxy) is 4. The van der Waals surface area contributed by atoms with E-state index in [0.717, 1.165) is 116 Å². The van der Waals surface area contributed by atoms with Gasteiger partial charge >= 0.3 is 11.9 Å². The van der Waals surface area contributed by atoms with Crippen molar-refractivity contribution in [2.45, 2.75) is 193 Å². The van der Waals surface area contributed by atoms with Crippen LogP contribution in [0.4, 0.5) is 0 Å². The molecule has 2 atom stereocenters. The Kier molecular flexibility index (Phi) is 49.9. The number of carbonyl (C=O) groups excluding carboxylic acids is 3. The van der Waals surface area contributed by atoms with E-state index in [2.05, 4.69) is 160 Å². The van der Waals surface area contributed by atoms with Gasteiger partial charge in [-0.05, 0) is 122 Å². The minimum atomic E-state index is -1.65. The number of quaternary nitrogens is 1. The topological polar surface area (TPSA) is 111 Å². The first-order valence-electron chi connectivity index (χ1n) is 28.0. The van der Waals surface area contributed by atoms with Gasteiger partial charge in [0.2, 0.25) is 0 Å². The van der Waals surface area contributed by atoms with Gasteiger partial charge in [0, 0.05) is 12.8 Å². The molecule has 9 heteroatoms. The van der Waals surface area contributed by atoms with E-state index in [0.29, 0.717) is 23.9 Å². The van der Waals surface area contributed by atoms with Crippen LogP contribution < -0.4 is 5.11 Å². The molecule has 0 aliphatic heterocycles. The maximum atomic E-state index is 12.8. The molecular formula is C64H101NO8. The predicted octanol–water partition coefficient (Wildman–Crippen LogP) is 15.1. The molecule has 0 rings (SSSR count). The minimum Gasteiger partial charge on any atom is -0.545 e. The maximum absolute atomic E-state index is 12.8. The molecule has 0 aromatic carbocycles. The number of hydrogen-bond donors (Lipinski definition) is 0. The van der Waals surface area contributed by atoms with Crippen LogP contribution in [0.5, 0.6) is 0 Å². The smallest absolute Gasteiger partial charge is 0.306 e. The Hall–Kier alpha value is -4.83. The average Bonchev–Trinajstić information content (AvgIpc) is 3.36. The Balaban J connectivity index is 4.40. The highest BCUT2D eigenvalue weighted by molar-refractivity contribution is 5.70. The molecule has 0 saturated carbocycles. The standard InChI is InChI=1S/C64H101NO8/c1-6-8-10-12-14-16-18-20-22-23-24-25-26-27-28-29-30-31-32-33-34-35-36-37-38-39-41-43-45-47-49-51-53-55-62(67)73-60(59-72-64(63(68)69)70-57-56-65(3,4)5)58-71-61(66)54-52-50-48-46-44-42-40-21-19-17-15-13-11-9-7-2/h8,10,14-17,20-22,24-25,27-28,30-31,33-34,36-37,39-41,45,47,60,64H,6-7,9,11-13,18-19,23,26,29,32,35,38,42-44,46,48-59H2,1-5H3/b10-8-,16-14-,17-15-,22-20-,25-24-,28-27-,31-30-,34-33-,37-36-,40-21-,41-39-,47-45-. The van der Waals surface area contributed by atoms with E-state index in [1.54, 1.807) is 0 Å². The molecule has 0 aromatic heterocycles. The second-order valence-corrected chi connectivity index (χ2v) is 19.1. The quantitative estimate of drug-likeness (QED) is 0.0195. The van der Waals surface area contributed by atoms with E-state index < -0.39 is 30.3 Å². The number of allylic oxidation sites excluding steroid dienone is 24. The Morgan fingerprint density at radius 1 is 0.425 bits per heavy atom. The molecule has 0 fully saturated rings. The summed E-state index contributed by atoms with van der Waals surface area (Å²) in [6.07, 6.45) is 74.7. The van der Waals surface area contributed by atoms with Gasteiger partial charge in [-0.3, -0.25) is 9.59 Å². The van der Waals surface area contributed by atoms with E-state index in [1.807, 2.05) is 21.1 Å². The molecule has 9 nitrogen and oxygen atoms in total. The molecule has 0 N–H and O–H groups in total. The lowest BCUT2D eigenvalue weighted by Gasteiger charge is -2.26. The molecule has 0 bridgehead atoms. The second-order valence-electron chi connectivity index (χ2n) is 19.1. The van der Waals surface area contributed by atoms with E-state index in [-0.39, 0.29) is 32.7 Å². The molecule has 0 saturated heterocycles. The lowest BCUT2D eigenvalue weighted by atomic mass is 10.1. The number of carbonyl (C=O) groups is 3. The number of carboxylic acid groups (broad SMARTS) is 1. The summed E-state index contributed by atoms with van der Waals surface area (Å²) in [5, 5.41) is 11.7. The van der Waals surface area contributed by atoms with Crippen LogP contribution in [0, 0.1) is 0 Å². The van der Waals surface area contributed by atoms with Crippen molar-refractivity contribution >= 4 is 17.9 Å². The zero-order valence-corrected chi connectivity index (χ0v) is 46.4. The third-order valence-corrected chi connectivity index (χ3v) is 11.1. The molecule has 0 aromatic rings. The highest BCUT2D eigenvalue weighted by Gasteiger charge is 2.21. The highest BCUT2D eigenvalue weighted by atomic mass is 16.7. The summed E-state index contributed by atoms with van der Waals surface area (Å²) in [4.78, 5) is 37.2. The van der Waals surface area contributed by atoms with Gasteiger partial charge in [-0.2, -0.15) is 0 Å². The van der Waals surface area contributed by atoms with Crippen molar-refractivity contribution in [2.24, 2.45) is 0 Å². The number of likely N-dealkylation sites (N-methyl/N-ethyl adjacent to an activating group) is 1. The molecule has 2 unspecified atom stereocenters. The molecule has 0 aliphatic carbocycles. The normalized spacial score (nSPS) is 13.9. The third-order valence-electron chi connectivity index (χ3n) is 11.1. The molecule has 0 radical (unpaired) electrons. The first-order valence-corrected chi connectivity index (χ1v) is 28.0. The Morgan fingerprint density at radius 3 is 1.19 bits per heavy atom. The number of nitrogens with zero attached hydrogens (tertiary/aromatic N) is 1. The van der Waals surface area contributed by atoms with Crippen LogP contribution >= 0.6 is 0 Å². The lowest BCUT2D eigenvalue weighted by Crippen LogP contribution is -2.44. The van der Waals surface area contributed by atoms with Crippen molar-refractivity contribution in [3.8, 4) is 0 Å². The summed E-state index contributed by atoms with van der Waals surface area (Å²) in [5.41, 5.74) is 0. The van der Waals surface area contributed by atoms with Gasteiger partial charge in [-0.25, -0.2) is 0 Å². The van der Waals surface area contributed by atoms with Crippen molar-refractivity contribution in [2.75, 3.05) is 47.5 Å². The Labute approximate surface area is 445 Å². The number of rotatable bonds is 49. The molecule has 410 valence electrons. The van der Waals surface area contributed by atoms with Crippen molar-refractivity contribution in [1.82, 2.24) is 0 Å². The number of unbranched alkanes of at least 4 members (excludes halogenated alkanes) is 10. The highest BCUT2D eigenvalue weighted by Crippen LogP contribution is 2.11. The van der Waals surface area contributed by atoms with Crippen LogP contribution in [0.2, 0.25) is 0 Å². The molecule has 0 spiro atoms. The van der Waals surface area contributed by atoms with E-state index in [1.165, 1.54) is 25.7 Å². The Morgan fingerprint density at radius 2 is 0.781 bits per heavy atom. The summed E-state index contributed by atoms with van der Waals surface area (Å²) in [7, 11) is 5.88. The van der Waals surface area contributed by atoms with Crippen LogP contribution in [-0.4, -0.2) is 82.3 Å². The number of hydrogen-bond acceptors (Lipinski definition) is 8. The molecular weight excluding hydrogens is 911 g/mol. The van der Waals surface area contributed by atoms with Gasteiger partial charge in [0.1, 0.15) is 13.2 Å². The van der Waals surface area contributed by atoms with Crippen molar-refractivity contribution in [1.29, 1.82) is 0 Å². The van der Waals surface area contributed by atoms with Crippen molar-refractivity contribution < 1.29 is 42.9 Å². The van der Waals surface area contributed by atoms with Gasteiger partial charge in [0.15, 0.2) is 12.4 Å². The molecule has 73 heavy (non-hydrogen) atoms. The summed E-state index contributed by atoms with van der Waals surface area (Å²) in [5.74, 6) is -2.39. The first kappa shape index (κ1) is 68.2. The predicted molar refractivity (Wildman–Crippen MR) is 306 cm³/mol.